The summed E-state index contributed by atoms with van der Waals surface area (Å²) in [5.41, 5.74) is 12.5. The van der Waals surface area contributed by atoms with Gasteiger partial charge in [-0.15, -0.1) is 24.8 Å². The molecule has 0 aliphatic rings. The van der Waals surface area contributed by atoms with E-state index in [2.05, 4.69) is 16.8 Å². The van der Waals surface area contributed by atoms with Crippen molar-refractivity contribution in [1.29, 1.82) is 0 Å². The summed E-state index contributed by atoms with van der Waals surface area (Å²) in [6.45, 7) is 3.07. The maximum absolute atomic E-state index is 5.27. The van der Waals surface area contributed by atoms with Crippen LogP contribution in [0.4, 0.5) is 11.4 Å². The van der Waals surface area contributed by atoms with Crippen molar-refractivity contribution in [1.82, 2.24) is 0 Å². The van der Waals surface area contributed by atoms with Crippen molar-refractivity contribution in [2.45, 2.75) is 6.92 Å². The average Bonchev–Trinajstić information content (AvgIpc) is 2.17. The van der Waals surface area contributed by atoms with Crippen molar-refractivity contribution in [3.8, 4) is 0 Å². The van der Waals surface area contributed by atoms with E-state index < -0.39 is 0 Å². The molecule has 1 aromatic carbocycles. The lowest BCUT2D eigenvalue weighted by molar-refractivity contribution is 0.968. The number of hydrogen-bond acceptors (Lipinski definition) is 2. The number of hydrogen-bond donors (Lipinski definition) is 2. The van der Waals surface area contributed by atoms with Crippen LogP contribution in [0.25, 0.3) is 0 Å². The molecule has 0 amide bonds. The minimum atomic E-state index is 0. The monoisotopic (exact) mass is 264 g/mol. The number of benzene rings is 1. The van der Waals surface area contributed by atoms with E-state index in [1.807, 2.05) is 31.3 Å². The van der Waals surface area contributed by atoms with E-state index in [0.717, 1.165) is 17.9 Å². The molecule has 0 fully saturated rings. The van der Waals surface area contributed by atoms with Gasteiger partial charge in [0.15, 0.2) is 5.96 Å². The zero-order valence-corrected chi connectivity index (χ0v) is 11.0. The second kappa shape index (κ2) is 8.07. The summed E-state index contributed by atoms with van der Waals surface area (Å²) in [5, 5.41) is 0. The normalized spacial score (nSPS) is 8.38. The van der Waals surface area contributed by atoms with E-state index in [4.69, 9.17) is 11.5 Å². The summed E-state index contributed by atoms with van der Waals surface area (Å²) in [6.07, 6.45) is 0. The molecule has 0 saturated heterocycles. The Morgan fingerprint density at radius 2 is 1.69 bits per heavy atom. The summed E-state index contributed by atoms with van der Waals surface area (Å²) in [5.74, 6) is 0.0848. The fourth-order valence-electron chi connectivity index (χ4n) is 1.11. The van der Waals surface area contributed by atoms with Gasteiger partial charge >= 0.3 is 0 Å². The number of aliphatic imine (C=N–C) groups is 1. The van der Waals surface area contributed by atoms with Crippen LogP contribution in [-0.4, -0.2) is 19.6 Å². The quantitative estimate of drug-likeness (QED) is 0.647. The van der Waals surface area contributed by atoms with Crippen molar-refractivity contribution in [2.24, 2.45) is 16.5 Å². The van der Waals surface area contributed by atoms with E-state index in [-0.39, 0.29) is 30.8 Å². The summed E-state index contributed by atoms with van der Waals surface area (Å²) in [7, 11) is 2.04. The van der Waals surface area contributed by atoms with E-state index in [1.165, 1.54) is 0 Å². The SMILES string of the molecule is CCN(C)c1ccc(N=C(N)N)cc1.Cl.Cl. The zero-order chi connectivity index (χ0) is 10.6. The smallest absolute Gasteiger partial charge is 0.191 e. The second-order valence-corrected chi connectivity index (χ2v) is 3.07. The van der Waals surface area contributed by atoms with Crippen LogP contribution in [0.2, 0.25) is 0 Å². The van der Waals surface area contributed by atoms with Crippen LogP contribution in [-0.2, 0) is 0 Å². The van der Waals surface area contributed by atoms with E-state index in [0.29, 0.717) is 0 Å². The van der Waals surface area contributed by atoms with Gasteiger partial charge in [0, 0.05) is 19.3 Å². The third kappa shape index (κ3) is 5.09. The second-order valence-electron chi connectivity index (χ2n) is 3.07. The standard InChI is InChI=1S/C10H16N4.2ClH/c1-3-14(2)9-6-4-8(5-7-9)13-10(11)12;;/h4-7H,3H2,1-2H3,(H4,11,12,13);2*1H. The lowest BCUT2D eigenvalue weighted by Gasteiger charge is -2.16. The predicted octanol–water partition coefficient (Wildman–Crippen LogP) is 1.89. The first-order valence-corrected chi connectivity index (χ1v) is 4.54. The van der Waals surface area contributed by atoms with Crippen LogP contribution in [0.15, 0.2) is 29.3 Å². The van der Waals surface area contributed by atoms with E-state index in [9.17, 15) is 0 Å². The Morgan fingerprint density at radius 3 is 2.06 bits per heavy atom. The molecule has 6 heteroatoms. The molecule has 0 aliphatic carbocycles. The van der Waals surface area contributed by atoms with Crippen molar-refractivity contribution < 1.29 is 0 Å². The summed E-state index contributed by atoms with van der Waals surface area (Å²) in [6, 6.07) is 7.76. The third-order valence-electron chi connectivity index (χ3n) is 2.02. The molecular weight excluding hydrogens is 247 g/mol. The Hall–Kier alpha value is -1.13. The molecule has 0 radical (unpaired) electrons. The summed E-state index contributed by atoms with van der Waals surface area (Å²) in [4.78, 5) is 6.08. The number of rotatable bonds is 3. The van der Waals surface area contributed by atoms with Crippen LogP contribution in [0, 0.1) is 0 Å². The molecule has 0 spiro atoms. The van der Waals surface area contributed by atoms with E-state index in [1.54, 1.807) is 0 Å². The Morgan fingerprint density at radius 1 is 1.19 bits per heavy atom. The van der Waals surface area contributed by atoms with Crippen LogP contribution >= 0.6 is 24.8 Å². The molecule has 0 atom stereocenters. The molecule has 1 aromatic rings. The van der Waals surface area contributed by atoms with Gasteiger partial charge < -0.3 is 16.4 Å². The molecule has 0 unspecified atom stereocenters. The molecule has 4 nitrogen and oxygen atoms in total. The minimum absolute atomic E-state index is 0. The first-order chi connectivity index (χ1) is 6.63. The van der Waals surface area contributed by atoms with Gasteiger partial charge in [-0.25, -0.2) is 4.99 Å². The largest absolute Gasteiger partial charge is 0.375 e. The number of anilines is 1. The van der Waals surface area contributed by atoms with Gasteiger partial charge in [0.25, 0.3) is 0 Å². The number of nitrogens with zero attached hydrogens (tertiary/aromatic N) is 2. The van der Waals surface area contributed by atoms with Crippen LogP contribution in [0.5, 0.6) is 0 Å². The van der Waals surface area contributed by atoms with Crippen LogP contribution in [0.3, 0.4) is 0 Å². The highest BCUT2D eigenvalue weighted by Gasteiger charge is 1.97. The van der Waals surface area contributed by atoms with Gasteiger partial charge in [0.1, 0.15) is 0 Å². The van der Waals surface area contributed by atoms with Gasteiger partial charge in [0.2, 0.25) is 0 Å². The number of guanidine groups is 1. The zero-order valence-electron chi connectivity index (χ0n) is 9.38. The van der Waals surface area contributed by atoms with Gasteiger partial charge in [-0.3, -0.25) is 0 Å². The van der Waals surface area contributed by atoms with Crippen molar-refractivity contribution >= 4 is 42.1 Å². The topological polar surface area (TPSA) is 67.6 Å². The molecular formula is C10H18Cl2N4. The van der Waals surface area contributed by atoms with Gasteiger partial charge in [-0.2, -0.15) is 0 Å². The molecule has 0 bridgehead atoms. The Labute approximate surface area is 109 Å². The fourth-order valence-corrected chi connectivity index (χ4v) is 1.11. The number of halogens is 2. The highest BCUT2D eigenvalue weighted by atomic mass is 35.5. The first-order valence-electron chi connectivity index (χ1n) is 4.54. The lowest BCUT2D eigenvalue weighted by Crippen LogP contribution is -2.21. The molecule has 92 valence electrons. The summed E-state index contributed by atoms with van der Waals surface area (Å²) < 4.78 is 0. The van der Waals surface area contributed by atoms with Crippen molar-refractivity contribution in [2.75, 3.05) is 18.5 Å². The maximum atomic E-state index is 5.27. The highest BCUT2D eigenvalue weighted by molar-refractivity contribution is 5.85. The fraction of sp³-hybridized carbons (Fsp3) is 0.300. The Balaban J connectivity index is 0. The van der Waals surface area contributed by atoms with Gasteiger partial charge in [-0.05, 0) is 31.2 Å². The van der Waals surface area contributed by atoms with Crippen molar-refractivity contribution in [3.05, 3.63) is 24.3 Å². The first kappa shape index (κ1) is 17.3. The molecule has 0 saturated carbocycles. The maximum Gasteiger partial charge on any atom is 0.191 e. The molecule has 4 N–H and O–H groups in total. The molecule has 16 heavy (non-hydrogen) atoms. The van der Waals surface area contributed by atoms with Crippen molar-refractivity contribution in [3.63, 3.8) is 0 Å². The highest BCUT2D eigenvalue weighted by Crippen LogP contribution is 2.18. The summed E-state index contributed by atoms with van der Waals surface area (Å²) >= 11 is 0. The average molecular weight is 265 g/mol. The molecule has 1 rings (SSSR count). The lowest BCUT2D eigenvalue weighted by atomic mass is 10.2. The molecule has 0 aromatic heterocycles. The third-order valence-corrected chi connectivity index (χ3v) is 2.02. The van der Waals surface area contributed by atoms with Gasteiger partial charge in [-0.1, -0.05) is 0 Å². The van der Waals surface area contributed by atoms with E-state index >= 15 is 0 Å². The van der Waals surface area contributed by atoms with Gasteiger partial charge in [0.05, 0.1) is 5.69 Å². The molecule has 0 aliphatic heterocycles. The number of nitrogens with two attached hydrogens (primary N) is 2. The minimum Gasteiger partial charge on any atom is -0.375 e. The molecule has 0 heterocycles. The Bertz CT molecular complexity index is 320. The van der Waals surface area contributed by atoms with Crippen LogP contribution in [0.1, 0.15) is 6.92 Å². The predicted molar refractivity (Wildman–Crippen MR) is 75.4 cm³/mol. The van der Waals surface area contributed by atoms with Crippen LogP contribution < -0.4 is 16.4 Å². The Kier molecular flexibility index (Phi) is 8.71.